The number of aliphatic hydroxyl groups excluding tert-OH is 1. The first-order valence-corrected chi connectivity index (χ1v) is 9.38. The van der Waals surface area contributed by atoms with Crippen LogP contribution in [0.4, 0.5) is 26.3 Å². The molecule has 0 aliphatic rings. The molecule has 0 amide bonds. The molecule has 4 rings (SSSR count). The maximum atomic E-state index is 12.6. The number of fused-ring (bicyclic) bond motifs is 2. The van der Waals surface area contributed by atoms with Crippen LogP contribution in [0.15, 0.2) is 48.8 Å². The number of aromatic nitrogens is 4. The van der Waals surface area contributed by atoms with Crippen LogP contribution in [0.25, 0.3) is 22.1 Å². The predicted molar refractivity (Wildman–Crippen MR) is 105 cm³/mol. The van der Waals surface area contributed by atoms with Crippen molar-refractivity contribution in [3.63, 3.8) is 0 Å². The predicted octanol–water partition coefficient (Wildman–Crippen LogP) is 5.53. The normalized spacial score (nSPS) is 12.0. The molecule has 0 spiro atoms. The lowest BCUT2D eigenvalue weighted by molar-refractivity contribution is -0.142. The van der Waals surface area contributed by atoms with Crippen LogP contribution in [0.1, 0.15) is 22.5 Å². The largest absolute Gasteiger partial charge is 0.433 e. The van der Waals surface area contributed by atoms with Crippen LogP contribution >= 0.6 is 11.6 Å². The molecule has 12 heteroatoms. The molecule has 0 aliphatic heterocycles. The quantitative estimate of drug-likeness (QED) is 0.305. The number of halogens is 7. The van der Waals surface area contributed by atoms with Crippen molar-refractivity contribution in [3.8, 4) is 0 Å². The van der Waals surface area contributed by atoms with Crippen LogP contribution < -0.4 is 0 Å². The molecule has 1 N–H and O–H groups in total. The second-order valence-corrected chi connectivity index (χ2v) is 6.65. The minimum Gasteiger partial charge on any atom is -0.392 e. The fourth-order valence-electron chi connectivity index (χ4n) is 2.81. The fraction of sp³-hybridized carbons (Fsp3) is 0.200. The number of rotatable bonds is 2. The molecule has 4 heterocycles. The molecule has 0 aliphatic carbocycles. The highest BCUT2D eigenvalue weighted by atomic mass is 35.5. The summed E-state index contributed by atoms with van der Waals surface area (Å²) in [5.41, 5.74) is -2.23. The van der Waals surface area contributed by atoms with Gasteiger partial charge in [0.2, 0.25) is 0 Å². The molecule has 168 valence electrons. The number of hydrogen-bond acceptors (Lipinski definition) is 5. The third kappa shape index (κ3) is 5.22. The number of aliphatic hydroxyl groups is 1. The molecule has 0 aromatic carbocycles. The van der Waals surface area contributed by atoms with Crippen molar-refractivity contribution in [2.75, 3.05) is 0 Å². The molecule has 0 unspecified atom stereocenters. The van der Waals surface area contributed by atoms with E-state index in [0.717, 1.165) is 0 Å². The Morgan fingerprint density at radius 3 is 1.59 bits per heavy atom. The zero-order chi connectivity index (χ0) is 23.5. The zero-order valence-corrected chi connectivity index (χ0v) is 16.7. The van der Waals surface area contributed by atoms with Crippen molar-refractivity contribution in [1.29, 1.82) is 0 Å². The first-order chi connectivity index (χ1) is 15.0. The third-order valence-electron chi connectivity index (χ3n) is 4.19. The first-order valence-electron chi connectivity index (χ1n) is 8.85. The first kappa shape index (κ1) is 23.6. The molecule has 5 nitrogen and oxygen atoms in total. The molecule has 0 saturated heterocycles. The van der Waals surface area contributed by atoms with Gasteiger partial charge in [-0.2, -0.15) is 26.3 Å². The highest BCUT2D eigenvalue weighted by Crippen LogP contribution is 2.33. The van der Waals surface area contributed by atoms with E-state index in [9.17, 15) is 26.3 Å². The summed E-state index contributed by atoms with van der Waals surface area (Å²) in [6.45, 7) is -0.702. The van der Waals surface area contributed by atoms with Gasteiger partial charge < -0.3 is 5.11 Å². The van der Waals surface area contributed by atoms with Crippen molar-refractivity contribution in [1.82, 2.24) is 19.9 Å². The van der Waals surface area contributed by atoms with Crippen molar-refractivity contribution in [2.45, 2.75) is 24.8 Å². The SMILES string of the molecule is FC(F)(F)c1nc2ncccc2cc1CCl.OCc1cc2cccnc2nc1C(F)(F)F. The van der Waals surface area contributed by atoms with E-state index < -0.39 is 30.3 Å². The Hall–Kier alpha value is -3.05. The molecular weight excluding hydrogens is 462 g/mol. The fourth-order valence-corrected chi connectivity index (χ4v) is 3.02. The van der Waals surface area contributed by atoms with Gasteiger partial charge in [0.05, 0.1) is 6.61 Å². The summed E-state index contributed by atoms with van der Waals surface area (Å²) < 4.78 is 75.5. The lowest BCUT2D eigenvalue weighted by atomic mass is 10.1. The average Bonchev–Trinajstić information content (AvgIpc) is 2.76. The Morgan fingerprint density at radius 2 is 1.19 bits per heavy atom. The summed E-state index contributed by atoms with van der Waals surface area (Å²) in [4.78, 5) is 14.4. The van der Waals surface area contributed by atoms with E-state index >= 15 is 0 Å². The molecule has 0 bridgehead atoms. The van der Waals surface area contributed by atoms with Gasteiger partial charge in [-0.05, 0) is 42.0 Å². The number of hydrogen-bond donors (Lipinski definition) is 1. The molecule has 32 heavy (non-hydrogen) atoms. The molecule has 4 aromatic rings. The van der Waals surface area contributed by atoms with E-state index in [1.54, 1.807) is 24.3 Å². The van der Waals surface area contributed by atoms with Crippen LogP contribution in [0.2, 0.25) is 0 Å². The molecule has 0 radical (unpaired) electrons. The van der Waals surface area contributed by atoms with Gasteiger partial charge in [-0.3, -0.25) is 0 Å². The van der Waals surface area contributed by atoms with Gasteiger partial charge in [0.1, 0.15) is 0 Å². The van der Waals surface area contributed by atoms with Crippen LogP contribution in [0.3, 0.4) is 0 Å². The standard InChI is InChI=1S/C10H6ClF3N2.C10H7F3N2O/c11-5-7-4-6-2-1-3-15-9(6)16-8(7)10(12,13)14;11-10(12,13)8-7(5-16)4-6-2-1-3-14-9(6)15-8/h1-4H,5H2;1-4,16H,5H2. The molecular formula is C20H13ClF6N4O. The van der Waals surface area contributed by atoms with E-state index in [-0.39, 0.29) is 28.3 Å². The summed E-state index contributed by atoms with van der Waals surface area (Å²) in [7, 11) is 0. The van der Waals surface area contributed by atoms with Gasteiger partial charge in [0.25, 0.3) is 0 Å². The number of pyridine rings is 4. The summed E-state index contributed by atoms with van der Waals surface area (Å²) >= 11 is 5.48. The van der Waals surface area contributed by atoms with Crippen molar-refractivity contribution < 1.29 is 31.4 Å². The van der Waals surface area contributed by atoms with E-state index in [2.05, 4.69) is 19.9 Å². The second-order valence-electron chi connectivity index (χ2n) is 6.38. The Labute approximate surface area is 181 Å². The summed E-state index contributed by atoms with van der Waals surface area (Å²) in [6, 6.07) is 9.08. The van der Waals surface area contributed by atoms with E-state index in [1.165, 1.54) is 24.5 Å². The zero-order valence-electron chi connectivity index (χ0n) is 15.9. The maximum Gasteiger partial charge on any atom is 0.433 e. The minimum atomic E-state index is -4.58. The molecule has 0 atom stereocenters. The van der Waals surface area contributed by atoms with Gasteiger partial charge in [0, 0.05) is 34.6 Å². The topological polar surface area (TPSA) is 71.8 Å². The van der Waals surface area contributed by atoms with Crippen molar-refractivity contribution >= 4 is 33.7 Å². The number of alkyl halides is 7. The van der Waals surface area contributed by atoms with Crippen LogP contribution in [0, 0.1) is 0 Å². The molecule has 4 aromatic heterocycles. The van der Waals surface area contributed by atoms with Crippen molar-refractivity contribution in [3.05, 3.63) is 71.3 Å². The summed E-state index contributed by atoms with van der Waals surface area (Å²) in [5, 5.41) is 9.90. The van der Waals surface area contributed by atoms with Gasteiger partial charge in [0.15, 0.2) is 22.7 Å². The van der Waals surface area contributed by atoms with Gasteiger partial charge >= 0.3 is 12.4 Å². The Bertz CT molecular complexity index is 1150. The lowest BCUT2D eigenvalue weighted by Gasteiger charge is -2.10. The van der Waals surface area contributed by atoms with Gasteiger partial charge in [-0.25, -0.2) is 19.9 Å². The highest BCUT2D eigenvalue weighted by molar-refractivity contribution is 6.17. The van der Waals surface area contributed by atoms with Gasteiger partial charge in [-0.1, -0.05) is 0 Å². The van der Waals surface area contributed by atoms with Crippen molar-refractivity contribution in [2.24, 2.45) is 0 Å². The second kappa shape index (κ2) is 9.21. The monoisotopic (exact) mass is 474 g/mol. The van der Waals surface area contributed by atoms with Crippen LogP contribution in [0.5, 0.6) is 0 Å². The summed E-state index contributed by atoms with van der Waals surface area (Å²) in [5.74, 6) is -0.229. The van der Waals surface area contributed by atoms with Crippen LogP contribution in [-0.2, 0) is 24.8 Å². The Balaban J connectivity index is 0.000000181. The summed E-state index contributed by atoms with van der Waals surface area (Å²) in [6.07, 6.45) is -6.32. The Kier molecular flexibility index (Phi) is 6.79. The minimum absolute atomic E-state index is 0.0204. The van der Waals surface area contributed by atoms with Crippen LogP contribution in [-0.4, -0.2) is 25.0 Å². The van der Waals surface area contributed by atoms with E-state index in [4.69, 9.17) is 16.7 Å². The Morgan fingerprint density at radius 1 is 0.750 bits per heavy atom. The molecule has 0 fully saturated rings. The smallest absolute Gasteiger partial charge is 0.392 e. The van der Waals surface area contributed by atoms with Gasteiger partial charge in [-0.15, -0.1) is 11.6 Å². The third-order valence-corrected chi connectivity index (χ3v) is 4.48. The lowest BCUT2D eigenvalue weighted by Crippen LogP contribution is -2.12. The van der Waals surface area contributed by atoms with E-state index in [1.807, 2.05) is 0 Å². The highest BCUT2D eigenvalue weighted by Gasteiger charge is 2.36. The maximum absolute atomic E-state index is 12.6. The average molecular weight is 475 g/mol. The van der Waals surface area contributed by atoms with E-state index in [0.29, 0.717) is 10.8 Å². The number of nitrogens with zero attached hydrogens (tertiary/aromatic N) is 4. The molecule has 0 saturated carbocycles.